The number of carbonyl (C=O) groups excluding carboxylic acids is 1. The Morgan fingerprint density at radius 3 is 2.67 bits per heavy atom. The maximum Gasteiger partial charge on any atom is 0.226 e. The second-order valence-electron chi connectivity index (χ2n) is 6.40. The summed E-state index contributed by atoms with van der Waals surface area (Å²) in [4.78, 5) is 16.7. The Labute approximate surface area is 147 Å². The number of aromatic nitrogens is 1. The zero-order chi connectivity index (χ0) is 16.8. The molecule has 2 aromatic rings. The number of nitrogens with one attached hydrogen (secondary N) is 2. The summed E-state index contributed by atoms with van der Waals surface area (Å²) >= 11 is 1.54. The molecule has 128 valence electrons. The fourth-order valence-corrected chi connectivity index (χ4v) is 3.81. The lowest BCUT2D eigenvalue weighted by atomic mass is 9.95. The normalized spacial score (nSPS) is 15.2. The number of thiazole rings is 1. The quantitative estimate of drug-likeness (QED) is 0.815. The third kappa shape index (κ3) is 4.81. The first-order chi connectivity index (χ1) is 11.7. The summed E-state index contributed by atoms with van der Waals surface area (Å²) in [5, 5.41) is 9.24. The SMILES string of the molecule is CCc1ccc(Nc2nc(CC(=O)NC3CCCCC3)cs2)cc1. The van der Waals surface area contributed by atoms with Crippen LogP contribution >= 0.6 is 11.3 Å². The van der Waals surface area contributed by atoms with Crippen molar-refractivity contribution in [1.82, 2.24) is 10.3 Å². The number of hydrogen-bond acceptors (Lipinski definition) is 4. The Balaban J connectivity index is 1.51. The lowest BCUT2D eigenvalue weighted by Gasteiger charge is -2.22. The molecule has 0 aliphatic heterocycles. The molecule has 1 aliphatic rings. The molecule has 3 rings (SSSR count). The van der Waals surface area contributed by atoms with Crippen LogP contribution in [0.1, 0.15) is 50.3 Å². The van der Waals surface area contributed by atoms with E-state index in [9.17, 15) is 4.79 Å². The van der Waals surface area contributed by atoms with Gasteiger partial charge >= 0.3 is 0 Å². The summed E-state index contributed by atoms with van der Waals surface area (Å²) in [5.41, 5.74) is 3.18. The number of carbonyl (C=O) groups is 1. The molecular weight excluding hydrogens is 318 g/mol. The van der Waals surface area contributed by atoms with Crippen molar-refractivity contribution >= 4 is 28.1 Å². The first kappa shape index (κ1) is 17.0. The largest absolute Gasteiger partial charge is 0.353 e. The molecule has 5 heteroatoms. The highest BCUT2D eigenvalue weighted by molar-refractivity contribution is 7.13. The highest BCUT2D eigenvalue weighted by atomic mass is 32.1. The molecule has 0 spiro atoms. The van der Waals surface area contributed by atoms with E-state index in [0.717, 1.165) is 35.8 Å². The number of benzene rings is 1. The molecule has 0 atom stereocenters. The average Bonchev–Trinajstić information content (AvgIpc) is 3.03. The van der Waals surface area contributed by atoms with Crippen molar-refractivity contribution < 1.29 is 4.79 Å². The summed E-state index contributed by atoms with van der Waals surface area (Å²) in [6, 6.07) is 8.73. The van der Waals surface area contributed by atoms with Gasteiger partial charge in [0, 0.05) is 17.1 Å². The predicted octanol–water partition coefficient (Wildman–Crippen LogP) is 4.44. The van der Waals surface area contributed by atoms with Gasteiger partial charge in [0.25, 0.3) is 0 Å². The van der Waals surface area contributed by atoms with Gasteiger partial charge in [-0.05, 0) is 37.0 Å². The Morgan fingerprint density at radius 2 is 1.96 bits per heavy atom. The molecule has 1 saturated carbocycles. The van der Waals surface area contributed by atoms with Crippen molar-refractivity contribution in [3.05, 3.63) is 40.9 Å². The minimum atomic E-state index is 0.0889. The van der Waals surface area contributed by atoms with E-state index in [2.05, 4.69) is 46.8 Å². The average molecular weight is 343 g/mol. The van der Waals surface area contributed by atoms with Gasteiger partial charge in [-0.1, -0.05) is 38.3 Å². The zero-order valence-electron chi connectivity index (χ0n) is 14.2. The molecule has 0 bridgehead atoms. The number of aryl methyl sites for hydroxylation is 1. The third-order valence-corrected chi connectivity index (χ3v) is 5.28. The highest BCUT2D eigenvalue weighted by Crippen LogP contribution is 2.22. The van der Waals surface area contributed by atoms with Gasteiger partial charge < -0.3 is 10.6 Å². The van der Waals surface area contributed by atoms with E-state index in [0.29, 0.717) is 12.5 Å². The second kappa shape index (κ2) is 8.29. The molecule has 1 amide bonds. The second-order valence-corrected chi connectivity index (χ2v) is 7.26. The van der Waals surface area contributed by atoms with Crippen LogP contribution in [-0.2, 0) is 17.6 Å². The van der Waals surface area contributed by atoms with Gasteiger partial charge in [-0.2, -0.15) is 0 Å². The monoisotopic (exact) mass is 343 g/mol. The Morgan fingerprint density at radius 1 is 1.21 bits per heavy atom. The lowest BCUT2D eigenvalue weighted by Crippen LogP contribution is -2.37. The molecule has 1 aromatic carbocycles. The van der Waals surface area contributed by atoms with Gasteiger partial charge in [0.1, 0.15) is 0 Å². The first-order valence-electron chi connectivity index (χ1n) is 8.82. The summed E-state index contributed by atoms with van der Waals surface area (Å²) in [7, 11) is 0. The number of rotatable bonds is 6. The van der Waals surface area contributed by atoms with E-state index >= 15 is 0 Å². The third-order valence-electron chi connectivity index (χ3n) is 4.48. The number of amides is 1. The van der Waals surface area contributed by atoms with Crippen molar-refractivity contribution in [2.75, 3.05) is 5.32 Å². The van der Waals surface area contributed by atoms with Crippen LogP contribution in [-0.4, -0.2) is 16.9 Å². The van der Waals surface area contributed by atoms with Crippen molar-refractivity contribution in [3.8, 4) is 0 Å². The molecule has 4 nitrogen and oxygen atoms in total. The van der Waals surface area contributed by atoms with Crippen LogP contribution in [0, 0.1) is 0 Å². The molecule has 0 saturated heterocycles. The molecule has 0 unspecified atom stereocenters. The molecule has 24 heavy (non-hydrogen) atoms. The van der Waals surface area contributed by atoms with Crippen LogP contribution in [0.25, 0.3) is 0 Å². The van der Waals surface area contributed by atoms with Gasteiger partial charge in [-0.3, -0.25) is 4.79 Å². The van der Waals surface area contributed by atoms with Crippen molar-refractivity contribution in [1.29, 1.82) is 0 Å². The first-order valence-corrected chi connectivity index (χ1v) is 9.70. The molecule has 1 aromatic heterocycles. The summed E-state index contributed by atoms with van der Waals surface area (Å²) in [5.74, 6) is 0.0889. The van der Waals surface area contributed by atoms with Crippen LogP contribution in [0.3, 0.4) is 0 Å². The van der Waals surface area contributed by atoms with E-state index in [1.54, 1.807) is 11.3 Å². The van der Waals surface area contributed by atoms with Crippen LogP contribution in [0.15, 0.2) is 29.6 Å². The molecule has 2 N–H and O–H groups in total. The summed E-state index contributed by atoms with van der Waals surface area (Å²) in [6.07, 6.45) is 7.39. The molecular formula is C19H25N3OS. The fraction of sp³-hybridized carbons (Fsp3) is 0.474. The molecule has 1 fully saturated rings. The van der Waals surface area contributed by atoms with Gasteiger partial charge in [0.05, 0.1) is 12.1 Å². The van der Waals surface area contributed by atoms with Crippen molar-refractivity contribution in [3.63, 3.8) is 0 Å². The molecule has 1 heterocycles. The van der Waals surface area contributed by atoms with Gasteiger partial charge in [0.2, 0.25) is 5.91 Å². The smallest absolute Gasteiger partial charge is 0.226 e. The topological polar surface area (TPSA) is 54.0 Å². The predicted molar refractivity (Wildman–Crippen MR) is 99.9 cm³/mol. The number of nitrogens with zero attached hydrogens (tertiary/aromatic N) is 1. The van der Waals surface area contributed by atoms with Gasteiger partial charge in [-0.25, -0.2) is 4.98 Å². The Kier molecular flexibility index (Phi) is 5.86. The standard InChI is InChI=1S/C19H25N3OS/c1-2-14-8-10-16(11-9-14)21-19-22-17(13-24-19)12-18(23)20-15-6-4-3-5-7-15/h8-11,13,15H,2-7,12H2,1H3,(H,20,23)(H,21,22). The zero-order valence-corrected chi connectivity index (χ0v) is 15.0. The van der Waals surface area contributed by atoms with E-state index in [4.69, 9.17) is 0 Å². The van der Waals surface area contributed by atoms with Crippen LogP contribution in [0.2, 0.25) is 0 Å². The maximum atomic E-state index is 12.2. The van der Waals surface area contributed by atoms with Gasteiger partial charge in [-0.15, -0.1) is 11.3 Å². The summed E-state index contributed by atoms with van der Waals surface area (Å²) in [6.45, 7) is 2.15. The molecule has 0 radical (unpaired) electrons. The van der Waals surface area contributed by atoms with Crippen molar-refractivity contribution in [2.45, 2.75) is 57.9 Å². The van der Waals surface area contributed by atoms with E-state index in [-0.39, 0.29) is 5.91 Å². The minimum Gasteiger partial charge on any atom is -0.353 e. The Bertz CT molecular complexity index is 660. The molecule has 1 aliphatic carbocycles. The van der Waals surface area contributed by atoms with Crippen LogP contribution in [0.5, 0.6) is 0 Å². The van der Waals surface area contributed by atoms with E-state index in [1.807, 2.05) is 5.38 Å². The van der Waals surface area contributed by atoms with Crippen LogP contribution in [0.4, 0.5) is 10.8 Å². The van der Waals surface area contributed by atoms with Crippen molar-refractivity contribution in [2.24, 2.45) is 0 Å². The Hall–Kier alpha value is -1.88. The maximum absolute atomic E-state index is 12.2. The number of anilines is 2. The van der Waals surface area contributed by atoms with Crippen LogP contribution < -0.4 is 10.6 Å². The highest BCUT2D eigenvalue weighted by Gasteiger charge is 2.16. The number of hydrogen-bond donors (Lipinski definition) is 2. The lowest BCUT2D eigenvalue weighted by molar-refractivity contribution is -0.121. The summed E-state index contributed by atoms with van der Waals surface area (Å²) < 4.78 is 0. The minimum absolute atomic E-state index is 0.0889. The fourth-order valence-electron chi connectivity index (χ4n) is 3.08. The van der Waals surface area contributed by atoms with Gasteiger partial charge in [0.15, 0.2) is 5.13 Å². The van der Waals surface area contributed by atoms with E-state index in [1.165, 1.54) is 24.8 Å². The van der Waals surface area contributed by atoms with E-state index < -0.39 is 0 Å².